The minimum absolute atomic E-state index is 0.112. The summed E-state index contributed by atoms with van der Waals surface area (Å²) in [7, 11) is 0. The second-order valence-electron chi connectivity index (χ2n) is 5.18. The van der Waals surface area contributed by atoms with Crippen LogP contribution in [0.25, 0.3) is 0 Å². The molecule has 1 amide bonds. The standard InChI is InChI=1S/C13H22N2OS/c1-13(2,3)15-12(16)5-8-14-7-4-11-6-9-17-10-11/h6,9-10,14H,4-5,7-8H2,1-3H3,(H,15,16). The summed E-state index contributed by atoms with van der Waals surface area (Å²) in [6.45, 7) is 7.66. The van der Waals surface area contributed by atoms with Crippen molar-refractivity contribution < 1.29 is 4.79 Å². The van der Waals surface area contributed by atoms with Gasteiger partial charge in [0.25, 0.3) is 0 Å². The number of carbonyl (C=O) groups excluding carboxylic acids is 1. The summed E-state index contributed by atoms with van der Waals surface area (Å²) < 4.78 is 0. The van der Waals surface area contributed by atoms with Gasteiger partial charge < -0.3 is 10.6 Å². The Morgan fingerprint density at radius 2 is 2.12 bits per heavy atom. The van der Waals surface area contributed by atoms with Crippen LogP contribution in [0.2, 0.25) is 0 Å². The fourth-order valence-corrected chi connectivity index (χ4v) is 2.18. The van der Waals surface area contributed by atoms with Crippen molar-refractivity contribution in [1.29, 1.82) is 0 Å². The van der Waals surface area contributed by atoms with Gasteiger partial charge in [-0.15, -0.1) is 0 Å². The number of carbonyl (C=O) groups is 1. The van der Waals surface area contributed by atoms with Crippen molar-refractivity contribution in [1.82, 2.24) is 10.6 Å². The van der Waals surface area contributed by atoms with E-state index >= 15 is 0 Å². The number of hydrogen-bond donors (Lipinski definition) is 2. The molecule has 0 radical (unpaired) electrons. The highest BCUT2D eigenvalue weighted by Gasteiger charge is 2.12. The first-order valence-electron chi connectivity index (χ1n) is 6.00. The molecule has 3 nitrogen and oxygen atoms in total. The van der Waals surface area contributed by atoms with Gasteiger partial charge in [-0.2, -0.15) is 11.3 Å². The lowest BCUT2D eigenvalue weighted by Crippen LogP contribution is -2.41. The van der Waals surface area contributed by atoms with E-state index in [9.17, 15) is 4.79 Å². The minimum Gasteiger partial charge on any atom is -0.351 e. The van der Waals surface area contributed by atoms with Gasteiger partial charge in [0.05, 0.1) is 0 Å². The summed E-state index contributed by atoms with van der Waals surface area (Å²) in [5.74, 6) is 0.112. The molecule has 0 saturated carbocycles. The average Bonchev–Trinajstić information content (AvgIpc) is 2.67. The third-order valence-corrected chi connectivity index (χ3v) is 2.95. The summed E-state index contributed by atoms with van der Waals surface area (Å²) in [4.78, 5) is 11.5. The predicted molar refractivity (Wildman–Crippen MR) is 73.4 cm³/mol. The Balaban J connectivity index is 2.02. The second kappa shape index (κ2) is 6.77. The van der Waals surface area contributed by atoms with Crippen LogP contribution in [0.15, 0.2) is 16.8 Å². The Labute approximate surface area is 108 Å². The zero-order valence-corrected chi connectivity index (χ0v) is 11.7. The van der Waals surface area contributed by atoms with E-state index in [0.717, 1.165) is 19.5 Å². The van der Waals surface area contributed by atoms with E-state index in [0.29, 0.717) is 6.42 Å². The lowest BCUT2D eigenvalue weighted by molar-refractivity contribution is -0.122. The lowest BCUT2D eigenvalue weighted by Gasteiger charge is -2.20. The van der Waals surface area contributed by atoms with E-state index in [2.05, 4.69) is 27.5 Å². The Bertz CT molecular complexity index is 328. The maximum absolute atomic E-state index is 11.5. The van der Waals surface area contributed by atoms with Crippen LogP contribution in [0.5, 0.6) is 0 Å². The number of thiophene rings is 1. The Kier molecular flexibility index (Phi) is 5.65. The molecule has 0 fully saturated rings. The Hall–Kier alpha value is -0.870. The van der Waals surface area contributed by atoms with Crippen LogP contribution >= 0.6 is 11.3 Å². The Morgan fingerprint density at radius 3 is 2.71 bits per heavy atom. The van der Waals surface area contributed by atoms with Gasteiger partial charge in [-0.05, 0) is 56.1 Å². The molecule has 0 aliphatic heterocycles. The Morgan fingerprint density at radius 1 is 1.35 bits per heavy atom. The molecule has 2 N–H and O–H groups in total. The molecule has 0 atom stereocenters. The fourth-order valence-electron chi connectivity index (χ4n) is 1.48. The number of rotatable bonds is 6. The maximum atomic E-state index is 11.5. The molecule has 1 rings (SSSR count). The highest BCUT2D eigenvalue weighted by Crippen LogP contribution is 2.05. The minimum atomic E-state index is -0.131. The number of nitrogens with one attached hydrogen (secondary N) is 2. The molecule has 0 bridgehead atoms. The molecule has 1 heterocycles. The van der Waals surface area contributed by atoms with E-state index < -0.39 is 0 Å². The quantitative estimate of drug-likeness (QED) is 0.764. The summed E-state index contributed by atoms with van der Waals surface area (Å²) in [5, 5.41) is 10.5. The van der Waals surface area contributed by atoms with Crippen LogP contribution in [-0.2, 0) is 11.2 Å². The van der Waals surface area contributed by atoms with Gasteiger partial charge in [-0.1, -0.05) is 0 Å². The van der Waals surface area contributed by atoms with Gasteiger partial charge in [0.2, 0.25) is 5.91 Å². The molecular weight excluding hydrogens is 232 g/mol. The molecule has 0 aliphatic rings. The molecule has 0 saturated heterocycles. The van der Waals surface area contributed by atoms with Crippen molar-refractivity contribution in [2.75, 3.05) is 13.1 Å². The van der Waals surface area contributed by atoms with Crippen LogP contribution < -0.4 is 10.6 Å². The first kappa shape index (κ1) is 14.2. The summed E-state index contributed by atoms with van der Waals surface area (Å²) in [6.07, 6.45) is 1.57. The molecule has 0 spiro atoms. The van der Waals surface area contributed by atoms with Crippen LogP contribution in [0.3, 0.4) is 0 Å². The summed E-state index contributed by atoms with van der Waals surface area (Å²) in [6, 6.07) is 2.14. The van der Waals surface area contributed by atoms with Crippen LogP contribution in [-0.4, -0.2) is 24.5 Å². The van der Waals surface area contributed by atoms with E-state index in [4.69, 9.17) is 0 Å². The molecule has 1 aromatic heterocycles. The second-order valence-corrected chi connectivity index (χ2v) is 5.96. The SMILES string of the molecule is CC(C)(C)NC(=O)CCNCCc1ccsc1. The largest absolute Gasteiger partial charge is 0.351 e. The maximum Gasteiger partial charge on any atom is 0.221 e. The van der Waals surface area contributed by atoms with E-state index in [1.807, 2.05) is 20.8 Å². The van der Waals surface area contributed by atoms with Gasteiger partial charge in [0, 0.05) is 18.5 Å². The zero-order valence-electron chi connectivity index (χ0n) is 10.9. The lowest BCUT2D eigenvalue weighted by atomic mass is 10.1. The highest BCUT2D eigenvalue weighted by molar-refractivity contribution is 7.07. The van der Waals surface area contributed by atoms with Crippen molar-refractivity contribution in [2.45, 2.75) is 39.2 Å². The summed E-state index contributed by atoms with van der Waals surface area (Å²) in [5.41, 5.74) is 1.23. The topological polar surface area (TPSA) is 41.1 Å². The van der Waals surface area contributed by atoms with Crippen molar-refractivity contribution >= 4 is 17.2 Å². The zero-order chi connectivity index (χ0) is 12.7. The molecule has 17 heavy (non-hydrogen) atoms. The van der Waals surface area contributed by atoms with Crippen molar-refractivity contribution in [3.05, 3.63) is 22.4 Å². The van der Waals surface area contributed by atoms with Gasteiger partial charge >= 0.3 is 0 Å². The highest BCUT2D eigenvalue weighted by atomic mass is 32.1. The first-order valence-corrected chi connectivity index (χ1v) is 6.94. The summed E-state index contributed by atoms with van der Waals surface area (Å²) >= 11 is 1.72. The number of amides is 1. The molecule has 96 valence electrons. The van der Waals surface area contributed by atoms with Crippen molar-refractivity contribution in [2.24, 2.45) is 0 Å². The molecule has 0 unspecified atom stereocenters. The monoisotopic (exact) mass is 254 g/mol. The third kappa shape index (κ3) is 7.13. The molecule has 4 heteroatoms. The smallest absolute Gasteiger partial charge is 0.221 e. The van der Waals surface area contributed by atoms with Gasteiger partial charge in [0.1, 0.15) is 0 Å². The molecule has 0 aromatic carbocycles. The molecule has 1 aromatic rings. The number of hydrogen-bond acceptors (Lipinski definition) is 3. The van der Waals surface area contributed by atoms with E-state index in [1.54, 1.807) is 11.3 Å². The van der Waals surface area contributed by atoms with Crippen molar-refractivity contribution in [3.63, 3.8) is 0 Å². The molecular formula is C13H22N2OS. The van der Waals surface area contributed by atoms with Crippen molar-refractivity contribution in [3.8, 4) is 0 Å². The van der Waals surface area contributed by atoms with E-state index in [-0.39, 0.29) is 11.4 Å². The van der Waals surface area contributed by atoms with Gasteiger partial charge in [0.15, 0.2) is 0 Å². The van der Waals surface area contributed by atoms with Crippen LogP contribution in [0.1, 0.15) is 32.8 Å². The van der Waals surface area contributed by atoms with Gasteiger partial charge in [-0.3, -0.25) is 4.79 Å². The molecule has 0 aliphatic carbocycles. The van der Waals surface area contributed by atoms with E-state index in [1.165, 1.54) is 5.56 Å². The first-order chi connectivity index (χ1) is 7.97. The predicted octanol–water partition coefficient (Wildman–Crippen LogP) is 2.18. The third-order valence-electron chi connectivity index (χ3n) is 2.21. The fraction of sp³-hybridized carbons (Fsp3) is 0.615. The normalized spacial score (nSPS) is 11.5. The van der Waals surface area contributed by atoms with Gasteiger partial charge in [-0.25, -0.2) is 0 Å². The van der Waals surface area contributed by atoms with Crippen LogP contribution in [0.4, 0.5) is 0 Å². The van der Waals surface area contributed by atoms with Crippen LogP contribution in [0, 0.1) is 0 Å². The average molecular weight is 254 g/mol.